The van der Waals surface area contributed by atoms with Crippen LogP contribution in [0.1, 0.15) is 22.9 Å². The molecule has 0 amide bonds. The number of thiophene rings is 1. The van der Waals surface area contributed by atoms with E-state index in [9.17, 15) is 0 Å². The summed E-state index contributed by atoms with van der Waals surface area (Å²) in [6.45, 7) is 4.70. The Morgan fingerprint density at radius 1 is 1.43 bits per heavy atom. The highest BCUT2D eigenvalue weighted by molar-refractivity contribution is 7.19. The van der Waals surface area contributed by atoms with E-state index in [0.717, 1.165) is 33.6 Å². The minimum absolute atomic E-state index is 0.108. The van der Waals surface area contributed by atoms with E-state index in [1.165, 1.54) is 4.88 Å². The molecule has 122 valence electrons. The molecule has 0 radical (unpaired) electrons. The lowest BCUT2D eigenvalue weighted by Crippen LogP contribution is -2.17. The van der Waals surface area contributed by atoms with Crippen LogP contribution in [0.3, 0.4) is 0 Å². The van der Waals surface area contributed by atoms with Crippen molar-refractivity contribution in [3.8, 4) is 0 Å². The van der Waals surface area contributed by atoms with Crippen molar-refractivity contribution in [1.29, 1.82) is 0 Å². The number of nitrogens with zero attached hydrogens (tertiary/aromatic N) is 4. The molecule has 0 spiro atoms. The first-order chi connectivity index (χ1) is 10.9. The first-order valence-corrected chi connectivity index (χ1v) is 8.56. The predicted molar refractivity (Wildman–Crippen MR) is 95.1 cm³/mol. The van der Waals surface area contributed by atoms with Crippen LogP contribution >= 0.6 is 22.9 Å². The molecular formula is C15H19ClN6S. The van der Waals surface area contributed by atoms with Gasteiger partial charge in [0.1, 0.15) is 5.82 Å². The maximum Gasteiger partial charge on any atom is 0.224 e. The third kappa shape index (κ3) is 3.46. The van der Waals surface area contributed by atoms with Crippen LogP contribution in [0, 0.1) is 6.92 Å². The molecule has 23 heavy (non-hydrogen) atoms. The number of anilines is 1. The van der Waals surface area contributed by atoms with Gasteiger partial charge in [-0.1, -0.05) is 0 Å². The lowest BCUT2D eigenvalue weighted by Gasteiger charge is -2.05. The van der Waals surface area contributed by atoms with Crippen LogP contribution in [0.2, 0.25) is 5.28 Å². The first-order valence-electron chi connectivity index (χ1n) is 7.36. The molecule has 0 aliphatic heterocycles. The summed E-state index contributed by atoms with van der Waals surface area (Å²) in [4.78, 5) is 9.97. The van der Waals surface area contributed by atoms with Gasteiger partial charge in [0.05, 0.1) is 16.4 Å². The fourth-order valence-corrected chi connectivity index (χ4v) is 3.98. The molecule has 3 aromatic heterocycles. The van der Waals surface area contributed by atoms with Gasteiger partial charge < -0.3 is 11.1 Å². The van der Waals surface area contributed by atoms with E-state index in [1.54, 1.807) is 16.0 Å². The summed E-state index contributed by atoms with van der Waals surface area (Å²) in [6.07, 6.45) is 4.62. The Hall–Kier alpha value is -1.70. The molecule has 0 unspecified atom stereocenters. The Labute approximate surface area is 143 Å². The molecule has 0 aliphatic rings. The van der Waals surface area contributed by atoms with Crippen LogP contribution < -0.4 is 11.1 Å². The predicted octanol–water partition coefficient (Wildman–Crippen LogP) is 2.89. The molecular weight excluding hydrogens is 332 g/mol. The Kier molecular flexibility index (Phi) is 4.52. The standard InChI is InChI=1S/C15H19ClN6S/c1-8(17)4-11-9(2)12-13(23-11)14(21-15(16)20-12)18-5-10-6-19-22(3)7-10/h6-8H,4-5,17H2,1-3H3,(H,18,20,21)/t8-/m0/s1. The first kappa shape index (κ1) is 16.2. The van der Waals surface area contributed by atoms with Crippen molar-refractivity contribution in [2.45, 2.75) is 32.9 Å². The summed E-state index contributed by atoms with van der Waals surface area (Å²) < 4.78 is 2.79. The highest BCUT2D eigenvalue weighted by atomic mass is 35.5. The largest absolute Gasteiger partial charge is 0.365 e. The van der Waals surface area contributed by atoms with Crippen molar-refractivity contribution >= 4 is 39.0 Å². The molecule has 0 saturated heterocycles. The maximum atomic E-state index is 6.10. The normalized spacial score (nSPS) is 12.7. The minimum Gasteiger partial charge on any atom is -0.365 e. The average molecular weight is 351 g/mol. The molecule has 3 aromatic rings. The molecule has 3 heterocycles. The number of nitrogens with two attached hydrogens (primary N) is 1. The van der Waals surface area contributed by atoms with Gasteiger partial charge in [0.15, 0.2) is 0 Å². The molecule has 6 nitrogen and oxygen atoms in total. The van der Waals surface area contributed by atoms with Crippen molar-refractivity contribution < 1.29 is 0 Å². The van der Waals surface area contributed by atoms with Crippen molar-refractivity contribution in [2.24, 2.45) is 12.8 Å². The molecule has 0 fully saturated rings. The van der Waals surface area contributed by atoms with Gasteiger partial charge in [-0.15, -0.1) is 11.3 Å². The maximum absolute atomic E-state index is 6.10. The van der Waals surface area contributed by atoms with Crippen LogP contribution in [0.15, 0.2) is 12.4 Å². The number of rotatable bonds is 5. The van der Waals surface area contributed by atoms with Crippen molar-refractivity contribution in [3.05, 3.63) is 33.7 Å². The fraction of sp³-hybridized carbons (Fsp3) is 0.400. The second kappa shape index (κ2) is 6.43. The van der Waals surface area contributed by atoms with E-state index in [2.05, 4.69) is 27.3 Å². The van der Waals surface area contributed by atoms with Gasteiger partial charge >= 0.3 is 0 Å². The van der Waals surface area contributed by atoms with Gasteiger partial charge in [-0.2, -0.15) is 10.1 Å². The Balaban J connectivity index is 1.95. The van der Waals surface area contributed by atoms with Crippen LogP contribution in [0.5, 0.6) is 0 Å². The van der Waals surface area contributed by atoms with Crippen molar-refractivity contribution in [1.82, 2.24) is 19.7 Å². The van der Waals surface area contributed by atoms with Crippen LogP contribution in [0.25, 0.3) is 10.2 Å². The Morgan fingerprint density at radius 2 is 2.22 bits per heavy atom. The van der Waals surface area contributed by atoms with Crippen molar-refractivity contribution in [3.63, 3.8) is 0 Å². The van der Waals surface area contributed by atoms with E-state index in [-0.39, 0.29) is 11.3 Å². The molecule has 0 saturated carbocycles. The van der Waals surface area contributed by atoms with Gasteiger partial charge in [0.2, 0.25) is 5.28 Å². The van der Waals surface area contributed by atoms with E-state index in [0.29, 0.717) is 6.54 Å². The molecule has 8 heteroatoms. The number of aryl methyl sites for hydroxylation is 2. The molecule has 0 aliphatic carbocycles. The average Bonchev–Trinajstić information content (AvgIpc) is 3.02. The number of hydrogen-bond acceptors (Lipinski definition) is 6. The van der Waals surface area contributed by atoms with Gasteiger partial charge in [-0.3, -0.25) is 4.68 Å². The highest BCUT2D eigenvalue weighted by Gasteiger charge is 2.16. The minimum atomic E-state index is 0.108. The zero-order chi connectivity index (χ0) is 16.6. The van der Waals surface area contributed by atoms with Gasteiger partial charge in [-0.25, -0.2) is 4.98 Å². The number of hydrogen-bond donors (Lipinski definition) is 2. The third-order valence-electron chi connectivity index (χ3n) is 3.56. The SMILES string of the molecule is Cc1c(C[C@H](C)N)sc2c(NCc3cnn(C)c3)nc(Cl)nc12. The Bertz CT molecular complexity index is 838. The molecule has 0 aromatic carbocycles. The zero-order valence-electron chi connectivity index (χ0n) is 13.3. The van der Waals surface area contributed by atoms with E-state index < -0.39 is 0 Å². The lowest BCUT2D eigenvalue weighted by molar-refractivity contribution is 0.744. The summed E-state index contributed by atoms with van der Waals surface area (Å²) in [7, 11) is 1.89. The topological polar surface area (TPSA) is 81.6 Å². The van der Waals surface area contributed by atoms with Crippen LogP contribution in [-0.4, -0.2) is 25.8 Å². The van der Waals surface area contributed by atoms with Gasteiger partial charge in [0, 0.05) is 36.3 Å². The lowest BCUT2D eigenvalue weighted by atomic mass is 10.1. The van der Waals surface area contributed by atoms with Crippen molar-refractivity contribution in [2.75, 3.05) is 5.32 Å². The summed E-state index contributed by atoms with van der Waals surface area (Å²) in [5.74, 6) is 0.757. The molecule has 3 rings (SSSR count). The molecule has 1 atom stereocenters. The van der Waals surface area contributed by atoms with E-state index >= 15 is 0 Å². The van der Waals surface area contributed by atoms with E-state index in [4.69, 9.17) is 17.3 Å². The van der Waals surface area contributed by atoms with Gasteiger partial charge in [0.25, 0.3) is 0 Å². The smallest absolute Gasteiger partial charge is 0.224 e. The summed E-state index contributed by atoms with van der Waals surface area (Å²) in [5, 5.41) is 7.76. The second-order valence-electron chi connectivity index (χ2n) is 5.73. The monoisotopic (exact) mass is 350 g/mol. The quantitative estimate of drug-likeness (QED) is 0.691. The third-order valence-corrected chi connectivity index (χ3v) is 5.04. The summed E-state index contributed by atoms with van der Waals surface area (Å²) >= 11 is 7.78. The Morgan fingerprint density at radius 3 is 2.87 bits per heavy atom. The molecule has 3 N–H and O–H groups in total. The second-order valence-corrected chi connectivity index (χ2v) is 7.17. The fourth-order valence-electron chi connectivity index (χ4n) is 2.46. The summed E-state index contributed by atoms with van der Waals surface area (Å²) in [6, 6.07) is 0.108. The number of fused-ring (bicyclic) bond motifs is 1. The summed E-state index contributed by atoms with van der Waals surface area (Å²) in [5.41, 5.74) is 9.06. The number of nitrogens with one attached hydrogen (secondary N) is 1. The highest BCUT2D eigenvalue weighted by Crippen LogP contribution is 2.35. The molecule has 0 bridgehead atoms. The van der Waals surface area contributed by atoms with E-state index in [1.807, 2.05) is 26.4 Å². The number of halogens is 1. The van der Waals surface area contributed by atoms with Gasteiger partial charge in [-0.05, 0) is 37.4 Å². The van der Waals surface area contributed by atoms with Crippen LogP contribution in [0.4, 0.5) is 5.82 Å². The zero-order valence-corrected chi connectivity index (χ0v) is 14.9. The van der Waals surface area contributed by atoms with Crippen LogP contribution in [-0.2, 0) is 20.0 Å². The number of aromatic nitrogens is 4.